The van der Waals surface area contributed by atoms with Crippen LogP contribution in [0, 0.1) is 0 Å². The molecule has 1 saturated heterocycles. The number of aromatic amines is 1. The van der Waals surface area contributed by atoms with Gasteiger partial charge in [-0.1, -0.05) is 12.1 Å². The first kappa shape index (κ1) is 13.9. The molecule has 1 fully saturated rings. The van der Waals surface area contributed by atoms with Crippen LogP contribution in [0.15, 0.2) is 42.9 Å². The fourth-order valence-corrected chi connectivity index (χ4v) is 3.16. The summed E-state index contributed by atoms with van der Waals surface area (Å²) in [6.45, 7) is 3.73. The fraction of sp³-hybridized carbons (Fsp3) is 0.294. The molecule has 0 atom stereocenters. The van der Waals surface area contributed by atoms with Crippen molar-refractivity contribution in [2.24, 2.45) is 0 Å². The summed E-state index contributed by atoms with van der Waals surface area (Å²) in [6, 6.07) is 10.2. The van der Waals surface area contributed by atoms with Crippen LogP contribution in [0.2, 0.25) is 0 Å². The minimum absolute atomic E-state index is 0.891. The minimum atomic E-state index is 0.891. The van der Waals surface area contributed by atoms with Crippen LogP contribution in [-0.4, -0.2) is 48.2 Å². The summed E-state index contributed by atoms with van der Waals surface area (Å²) in [5.74, 6) is 1.94. The first-order valence-corrected chi connectivity index (χ1v) is 7.78. The third kappa shape index (κ3) is 2.46. The van der Waals surface area contributed by atoms with Crippen molar-refractivity contribution in [2.75, 3.05) is 43.1 Å². The van der Waals surface area contributed by atoms with Crippen molar-refractivity contribution in [3.8, 4) is 5.75 Å². The molecule has 0 amide bonds. The van der Waals surface area contributed by atoms with E-state index in [1.165, 1.54) is 0 Å². The van der Waals surface area contributed by atoms with Crippen molar-refractivity contribution in [1.29, 1.82) is 0 Å². The van der Waals surface area contributed by atoms with Gasteiger partial charge in [-0.2, -0.15) is 0 Å². The van der Waals surface area contributed by atoms with Crippen LogP contribution in [0.1, 0.15) is 0 Å². The van der Waals surface area contributed by atoms with Crippen molar-refractivity contribution in [2.45, 2.75) is 0 Å². The number of H-pyrrole nitrogens is 1. The fourth-order valence-electron chi connectivity index (χ4n) is 3.16. The van der Waals surface area contributed by atoms with Gasteiger partial charge in [-0.3, -0.25) is 0 Å². The molecule has 6 heteroatoms. The molecule has 0 saturated carbocycles. The molecule has 0 spiro atoms. The van der Waals surface area contributed by atoms with E-state index in [4.69, 9.17) is 4.74 Å². The number of piperazine rings is 1. The highest BCUT2D eigenvalue weighted by Crippen LogP contribution is 2.30. The average molecular weight is 309 g/mol. The smallest absolute Gasteiger partial charge is 0.142 e. The number of ether oxygens (including phenoxy) is 1. The second-order valence-corrected chi connectivity index (χ2v) is 5.58. The van der Waals surface area contributed by atoms with Crippen LogP contribution in [-0.2, 0) is 0 Å². The number of hydrogen-bond acceptors (Lipinski definition) is 5. The maximum atomic E-state index is 5.48. The van der Waals surface area contributed by atoms with Gasteiger partial charge in [0.1, 0.15) is 23.5 Å². The summed E-state index contributed by atoms with van der Waals surface area (Å²) in [6.07, 6.45) is 3.54. The molecule has 0 radical (unpaired) electrons. The molecule has 23 heavy (non-hydrogen) atoms. The van der Waals surface area contributed by atoms with Crippen LogP contribution < -0.4 is 14.5 Å². The van der Waals surface area contributed by atoms with Gasteiger partial charge in [0.05, 0.1) is 18.2 Å². The molecule has 6 nitrogen and oxygen atoms in total. The van der Waals surface area contributed by atoms with E-state index < -0.39 is 0 Å². The van der Waals surface area contributed by atoms with E-state index >= 15 is 0 Å². The third-order valence-electron chi connectivity index (χ3n) is 4.34. The normalized spacial score (nSPS) is 15.2. The lowest BCUT2D eigenvalue weighted by Crippen LogP contribution is -2.47. The van der Waals surface area contributed by atoms with Crippen LogP contribution >= 0.6 is 0 Å². The van der Waals surface area contributed by atoms with Gasteiger partial charge in [0.2, 0.25) is 0 Å². The van der Waals surface area contributed by atoms with E-state index in [1.807, 2.05) is 24.4 Å². The molecular formula is C17H19N5O. The van der Waals surface area contributed by atoms with E-state index in [9.17, 15) is 0 Å². The second-order valence-electron chi connectivity index (χ2n) is 5.58. The van der Waals surface area contributed by atoms with Crippen molar-refractivity contribution in [3.05, 3.63) is 42.9 Å². The summed E-state index contributed by atoms with van der Waals surface area (Å²) >= 11 is 0. The standard InChI is InChI=1S/C17H19N5O/c1-23-15-5-3-2-4-14(15)21-8-10-22(11-9-21)17-13-6-7-18-16(13)19-12-20-17/h2-7,12H,8-11H2,1H3,(H,18,19,20). The highest BCUT2D eigenvalue weighted by atomic mass is 16.5. The molecule has 0 unspecified atom stereocenters. The van der Waals surface area contributed by atoms with E-state index in [-0.39, 0.29) is 0 Å². The first-order valence-electron chi connectivity index (χ1n) is 7.78. The molecule has 0 bridgehead atoms. The van der Waals surface area contributed by atoms with Crippen molar-refractivity contribution in [3.63, 3.8) is 0 Å². The Balaban J connectivity index is 1.54. The van der Waals surface area contributed by atoms with E-state index in [0.29, 0.717) is 0 Å². The summed E-state index contributed by atoms with van der Waals surface area (Å²) in [7, 11) is 1.72. The molecule has 1 aliphatic heterocycles. The largest absolute Gasteiger partial charge is 0.495 e. The van der Waals surface area contributed by atoms with Crippen molar-refractivity contribution < 1.29 is 4.74 Å². The lowest BCUT2D eigenvalue weighted by Gasteiger charge is -2.37. The Morgan fingerprint density at radius 1 is 1.00 bits per heavy atom. The Kier molecular flexibility index (Phi) is 3.49. The molecule has 3 heterocycles. The maximum absolute atomic E-state index is 5.48. The number of fused-ring (bicyclic) bond motifs is 1. The van der Waals surface area contributed by atoms with E-state index in [0.717, 1.165) is 54.5 Å². The van der Waals surface area contributed by atoms with Gasteiger partial charge in [-0.15, -0.1) is 0 Å². The number of nitrogens with one attached hydrogen (secondary N) is 1. The number of rotatable bonds is 3. The van der Waals surface area contributed by atoms with Gasteiger partial charge in [0.15, 0.2) is 0 Å². The lowest BCUT2D eigenvalue weighted by atomic mass is 10.2. The Labute approximate surface area is 134 Å². The summed E-state index contributed by atoms with van der Waals surface area (Å²) in [5, 5.41) is 1.08. The summed E-state index contributed by atoms with van der Waals surface area (Å²) < 4.78 is 5.48. The number of nitrogens with zero attached hydrogens (tertiary/aromatic N) is 4. The lowest BCUT2D eigenvalue weighted by molar-refractivity contribution is 0.413. The SMILES string of the molecule is COc1ccccc1N1CCN(c2ncnc3[nH]ccc23)CC1. The molecule has 118 valence electrons. The predicted octanol–water partition coefficient (Wildman–Crippen LogP) is 2.29. The number of methoxy groups -OCH3 is 1. The zero-order valence-corrected chi connectivity index (χ0v) is 13.1. The van der Waals surface area contributed by atoms with Crippen LogP contribution in [0.5, 0.6) is 5.75 Å². The van der Waals surface area contributed by atoms with Crippen molar-refractivity contribution >= 4 is 22.5 Å². The van der Waals surface area contributed by atoms with Gasteiger partial charge in [0, 0.05) is 32.4 Å². The number of benzene rings is 1. The molecule has 4 rings (SSSR count). The van der Waals surface area contributed by atoms with Crippen LogP contribution in [0.3, 0.4) is 0 Å². The molecule has 1 aliphatic rings. The topological polar surface area (TPSA) is 57.3 Å². The van der Waals surface area contributed by atoms with E-state index in [1.54, 1.807) is 13.4 Å². The first-order chi connectivity index (χ1) is 11.4. The predicted molar refractivity (Wildman–Crippen MR) is 91.3 cm³/mol. The zero-order chi connectivity index (χ0) is 15.6. The molecule has 2 aromatic heterocycles. The monoisotopic (exact) mass is 309 g/mol. The molecule has 1 N–H and O–H groups in total. The Hall–Kier alpha value is -2.76. The highest BCUT2D eigenvalue weighted by molar-refractivity contribution is 5.87. The zero-order valence-electron chi connectivity index (χ0n) is 13.1. The minimum Gasteiger partial charge on any atom is -0.495 e. The van der Waals surface area contributed by atoms with Crippen LogP contribution in [0.4, 0.5) is 11.5 Å². The van der Waals surface area contributed by atoms with Gasteiger partial charge >= 0.3 is 0 Å². The van der Waals surface area contributed by atoms with Gasteiger partial charge < -0.3 is 19.5 Å². The molecule has 1 aromatic carbocycles. The number of anilines is 2. The third-order valence-corrected chi connectivity index (χ3v) is 4.34. The highest BCUT2D eigenvalue weighted by Gasteiger charge is 2.21. The van der Waals surface area contributed by atoms with Crippen molar-refractivity contribution in [1.82, 2.24) is 15.0 Å². The second kappa shape index (κ2) is 5.79. The summed E-state index contributed by atoms with van der Waals surface area (Å²) in [4.78, 5) is 16.6. The summed E-state index contributed by atoms with van der Waals surface area (Å²) in [5.41, 5.74) is 2.05. The van der Waals surface area contributed by atoms with Gasteiger partial charge in [-0.25, -0.2) is 9.97 Å². The Bertz CT molecular complexity index is 807. The Morgan fingerprint density at radius 2 is 1.78 bits per heavy atom. The molecular weight excluding hydrogens is 290 g/mol. The quantitative estimate of drug-likeness (QED) is 0.804. The van der Waals surface area contributed by atoms with Crippen LogP contribution in [0.25, 0.3) is 11.0 Å². The molecule has 0 aliphatic carbocycles. The Morgan fingerprint density at radius 3 is 2.61 bits per heavy atom. The van der Waals surface area contributed by atoms with E-state index in [2.05, 4.69) is 36.9 Å². The average Bonchev–Trinajstić information content (AvgIpc) is 3.10. The van der Waals surface area contributed by atoms with Gasteiger partial charge in [0.25, 0.3) is 0 Å². The number of hydrogen-bond donors (Lipinski definition) is 1. The van der Waals surface area contributed by atoms with Gasteiger partial charge in [-0.05, 0) is 18.2 Å². The molecule has 3 aromatic rings. The maximum Gasteiger partial charge on any atom is 0.142 e. The number of para-hydroxylation sites is 2. The number of aromatic nitrogens is 3.